The molecule has 0 aliphatic carbocycles. The van der Waals surface area contributed by atoms with Crippen LogP contribution in [0.3, 0.4) is 0 Å². The molecule has 11 heavy (non-hydrogen) atoms. The Hall–Kier alpha value is -0.650. The highest BCUT2D eigenvalue weighted by Crippen LogP contribution is 2.08. The molecule has 6 heteroatoms. The van der Waals surface area contributed by atoms with E-state index in [0.29, 0.717) is 11.5 Å². The Kier molecular flexibility index (Phi) is 4.02. The molecule has 1 aliphatic heterocycles. The number of nitrogens with zero attached hydrogens (tertiary/aromatic N) is 1. The first-order valence-electron chi connectivity index (χ1n) is 3.22. The lowest BCUT2D eigenvalue weighted by atomic mass is 10.4. The van der Waals surface area contributed by atoms with Crippen LogP contribution in [0.1, 0.15) is 12.8 Å². The number of hydrogen-bond donors (Lipinski definition) is 0. The Bertz CT molecular complexity index is 205. The van der Waals surface area contributed by atoms with Crippen molar-refractivity contribution in [3.05, 3.63) is 10.1 Å². The fraction of sp³-hybridized carbons (Fsp3) is 1.00. The van der Waals surface area contributed by atoms with E-state index >= 15 is 0 Å². The lowest BCUT2D eigenvalue weighted by Gasteiger charge is -1.81. The Labute approximate surface area is 65.5 Å². The van der Waals surface area contributed by atoms with Gasteiger partial charge >= 0.3 is 0 Å². The van der Waals surface area contributed by atoms with Crippen LogP contribution in [0, 0.1) is 10.1 Å². The number of hydrogen-bond acceptors (Lipinski definition) is 4. The van der Waals surface area contributed by atoms with Crippen molar-refractivity contribution in [1.82, 2.24) is 0 Å². The van der Waals surface area contributed by atoms with E-state index in [2.05, 4.69) is 0 Å². The van der Waals surface area contributed by atoms with Gasteiger partial charge in [0.15, 0.2) is 7.05 Å². The van der Waals surface area contributed by atoms with Crippen molar-refractivity contribution >= 4 is 9.84 Å². The van der Waals surface area contributed by atoms with Gasteiger partial charge in [-0.2, -0.15) is 0 Å². The minimum atomic E-state index is -2.55. The molecule has 0 radical (unpaired) electrons. The van der Waals surface area contributed by atoms with Crippen molar-refractivity contribution in [3.63, 3.8) is 0 Å². The first-order valence-corrected chi connectivity index (χ1v) is 5.04. The molecule has 0 saturated carbocycles. The summed E-state index contributed by atoms with van der Waals surface area (Å²) in [6.07, 6.45) is 1.75. The molecule has 0 amide bonds. The summed E-state index contributed by atoms with van der Waals surface area (Å²) in [4.78, 5) is 8.31. The molecule has 1 aliphatic rings. The summed E-state index contributed by atoms with van der Waals surface area (Å²) in [5, 5.41) is 8.81. The van der Waals surface area contributed by atoms with E-state index in [1.54, 1.807) is 0 Å². The van der Waals surface area contributed by atoms with Crippen molar-refractivity contribution in [2.75, 3.05) is 18.6 Å². The molecule has 0 spiro atoms. The zero-order valence-corrected chi connectivity index (χ0v) is 7.13. The topological polar surface area (TPSA) is 77.3 Å². The SMILES string of the molecule is C[N+](=O)[O-].O=S1(=O)CCCC1. The second-order valence-corrected chi connectivity index (χ2v) is 4.60. The van der Waals surface area contributed by atoms with Crippen LogP contribution < -0.4 is 0 Å². The molecular formula is C5H11NO4S. The van der Waals surface area contributed by atoms with Crippen molar-refractivity contribution < 1.29 is 13.3 Å². The van der Waals surface area contributed by atoms with Gasteiger partial charge in [0, 0.05) is 4.92 Å². The van der Waals surface area contributed by atoms with Crippen LogP contribution in [0.5, 0.6) is 0 Å². The average Bonchev–Trinajstić information content (AvgIpc) is 2.11. The Morgan fingerprint density at radius 1 is 1.27 bits per heavy atom. The van der Waals surface area contributed by atoms with Crippen molar-refractivity contribution in [3.8, 4) is 0 Å². The third-order valence-electron chi connectivity index (χ3n) is 1.16. The lowest BCUT2D eigenvalue weighted by molar-refractivity contribution is -0.445. The maximum Gasteiger partial charge on any atom is 0.194 e. The first-order chi connectivity index (χ1) is 4.94. The van der Waals surface area contributed by atoms with Crippen molar-refractivity contribution in [2.24, 2.45) is 0 Å². The van der Waals surface area contributed by atoms with E-state index < -0.39 is 14.8 Å². The summed E-state index contributed by atoms with van der Waals surface area (Å²) in [5.41, 5.74) is 0. The second-order valence-electron chi connectivity index (χ2n) is 2.30. The van der Waals surface area contributed by atoms with Gasteiger partial charge in [0.2, 0.25) is 0 Å². The Morgan fingerprint density at radius 2 is 1.55 bits per heavy atom. The predicted molar refractivity (Wildman–Crippen MR) is 40.8 cm³/mol. The molecule has 66 valence electrons. The largest absolute Gasteiger partial charge is 0.265 e. The summed E-state index contributed by atoms with van der Waals surface area (Å²) in [6.45, 7) is 0. The van der Waals surface area contributed by atoms with E-state index in [1.807, 2.05) is 0 Å². The quantitative estimate of drug-likeness (QED) is 0.392. The van der Waals surface area contributed by atoms with E-state index in [1.165, 1.54) is 0 Å². The fourth-order valence-electron chi connectivity index (χ4n) is 0.746. The maximum absolute atomic E-state index is 10.4. The number of nitro groups is 1. The Balaban J connectivity index is 0.000000218. The van der Waals surface area contributed by atoms with Crippen molar-refractivity contribution in [1.29, 1.82) is 0 Å². The fourth-order valence-corrected chi connectivity index (χ4v) is 2.24. The second kappa shape index (κ2) is 4.27. The molecule has 1 fully saturated rings. The summed E-state index contributed by atoms with van der Waals surface area (Å²) in [7, 11) is -1.66. The van der Waals surface area contributed by atoms with Crippen LogP contribution in [0.2, 0.25) is 0 Å². The van der Waals surface area contributed by atoms with Crippen LogP contribution in [0.25, 0.3) is 0 Å². The third kappa shape index (κ3) is 7.24. The number of sulfone groups is 1. The van der Waals surface area contributed by atoms with Gasteiger partial charge in [-0.1, -0.05) is 0 Å². The van der Waals surface area contributed by atoms with E-state index in [-0.39, 0.29) is 0 Å². The highest BCUT2D eigenvalue weighted by molar-refractivity contribution is 7.91. The van der Waals surface area contributed by atoms with Gasteiger partial charge in [-0.25, -0.2) is 8.42 Å². The molecule has 0 aromatic rings. The predicted octanol–water partition coefficient (Wildman–Crippen LogP) is 0.0879. The highest BCUT2D eigenvalue weighted by Gasteiger charge is 2.16. The average molecular weight is 181 g/mol. The summed E-state index contributed by atoms with van der Waals surface area (Å²) in [5.74, 6) is 0.847. The lowest BCUT2D eigenvalue weighted by Crippen LogP contribution is -1.98. The molecule has 1 heterocycles. The molecule has 0 atom stereocenters. The Morgan fingerprint density at radius 3 is 1.64 bits per heavy atom. The third-order valence-corrected chi connectivity index (χ3v) is 2.98. The minimum Gasteiger partial charge on any atom is -0.265 e. The van der Waals surface area contributed by atoms with Gasteiger partial charge in [0.25, 0.3) is 0 Å². The molecule has 1 rings (SSSR count). The molecule has 1 saturated heterocycles. The molecule has 0 aromatic carbocycles. The van der Waals surface area contributed by atoms with Crippen LogP contribution in [-0.2, 0) is 9.84 Å². The summed E-state index contributed by atoms with van der Waals surface area (Å²) < 4.78 is 20.9. The standard InChI is InChI=1S/C4H8O2S.CH3NO2/c5-7(6)3-1-2-4-7;1-2(3)4/h1-4H2;1H3. The van der Waals surface area contributed by atoms with Crippen LogP contribution in [-0.4, -0.2) is 31.9 Å². The van der Waals surface area contributed by atoms with E-state index in [9.17, 15) is 8.42 Å². The van der Waals surface area contributed by atoms with Crippen molar-refractivity contribution in [2.45, 2.75) is 12.8 Å². The first kappa shape index (κ1) is 10.3. The van der Waals surface area contributed by atoms with Gasteiger partial charge in [0.05, 0.1) is 11.5 Å². The highest BCUT2D eigenvalue weighted by atomic mass is 32.2. The van der Waals surface area contributed by atoms with Gasteiger partial charge in [0.1, 0.15) is 9.84 Å². The smallest absolute Gasteiger partial charge is 0.194 e. The summed E-state index contributed by atoms with van der Waals surface area (Å²) in [6, 6.07) is 0. The van der Waals surface area contributed by atoms with E-state index in [4.69, 9.17) is 10.1 Å². The number of rotatable bonds is 0. The molecule has 5 nitrogen and oxygen atoms in total. The van der Waals surface area contributed by atoms with E-state index in [0.717, 1.165) is 19.9 Å². The maximum atomic E-state index is 10.4. The molecule has 0 N–H and O–H groups in total. The molecule has 0 bridgehead atoms. The monoisotopic (exact) mass is 181 g/mol. The van der Waals surface area contributed by atoms with Crippen LogP contribution >= 0.6 is 0 Å². The zero-order valence-electron chi connectivity index (χ0n) is 6.32. The molecule has 0 aromatic heterocycles. The van der Waals surface area contributed by atoms with Gasteiger partial charge in [-0.15, -0.1) is 0 Å². The van der Waals surface area contributed by atoms with Gasteiger partial charge in [-0.05, 0) is 12.8 Å². The van der Waals surface area contributed by atoms with Crippen LogP contribution in [0.4, 0.5) is 0 Å². The minimum absolute atomic E-state index is 0.424. The van der Waals surface area contributed by atoms with Crippen LogP contribution in [0.15, 0.2) is 0 Å². The summed E-state index contributed by atoms with van der Waals surface area (Å²) >= 11 is 0. The molecule has 0 unspecified atom stereocenters. The van der Waals surface area contributed by atoms with Gasteiger partial charge < -0.3 is 0 Å². The molecular weight excluding hydrogens is 170 g/mol. The van der Waals surface area contributed by atoms with Gasteiger partial charge in [-0.3, -0.25) is 10.1 Å². The normalized spacial score (nSPS) is 20.1. The zero-order chi connectivity index (χ0) is 8.91.